The monoisotopic (exact) mass is 593 g/mol. The number of hydrogen-bond acceptors (Lipinski definition) is 4. The molecule has 1 fully saturated rings. The number of alkyl halides is 3. The van der Waals surface area contributed by atoms with Crippen LogP contribution < -0.4 is 9.62 Å². The topological polar surface area (TPSA) is 69.7 Å². The molecule has 6 nitrogen and oxygen atoms in total. The van der Waals surface area contributed by atoms with E-state index in [9.17, 15) is 26.4 Å². The first-order valence-corrected chi connectivity index (χ1v) is 12.6. The number of amides is 1. The molecule has 0 bridgehead atoms. The van der Waals surface area contributed by atoms with Gasteiger partial charge >= 0.3 is 12.1 Å². The van der Waals surface area contributed by atoms with Crippen molar-refractivity contribution >= 4 is 62.9 Å². The highest BCUT2D eigenvalue weighted by Crippen LogP contribution is 2.38. The van der Waals surface area contributed by atoms with Gasteiger partial charge in [0.15, 0.2) is 0 Å². The van der Waals surface area contributed by atoms with Crippen molar-refractivity contribution in [3.05, 3.63) is 38.8 Å². The van der Waals surface area contributed by atoms with E-state index < -0.39 is 22.1 Å². The molecule has 0 aromatic heterocycles. The maximum absolute atomic E-state index is 13.2. The lowest BCUT2D eigenvalue weighted by atomic mass is 10.2. The third-order valence-corrected chi connectivity index (χ3v) is 7.68. The highest BCUT2D eigenvalue weighted by molar-refractivity contribution is 9.11. The Balaban J connectivity index is 2.37. The fourth-order valence-electron chi connectivity index (χ4n) is 3.02. The molecule has 2 atom stereocenters. The Kier molecular flexibility index (Phi) is 8.92. The number of benzene rings is 1. The van der Waals surface area contributed by atoms with Gasteiger partial charge in [0.1, 0.15) is 0 Å². The van der Waals surface area contributed by atoms with Crippen molar-refractivity contribution in [1.29, 1.82) is 0 Å². The standard InChI is InChI=1S/C17H21Br2F3N3O3PS/c1-23-30(27,28)10-11-8-13(18)15(14(19)9-11)24(16(26)17(20,21)22)6-2-4-12-5-3-7-25(12)29/h2,4,8-9,12,23H,3,5-7,10,29H2,1H3/b4-2+. The second kappa shape index (κ2) is 10.4. The molecule has 1 N–H and O–H groups in total. The molecule has 13 heteroatoms. The molecule has 1 heterocycles. The fraction of sp³-hybridized carbons (Fsp3) is 0.471. The van der Waals surface area contributed by atoms with Crippen LogP contribution in [0.3, 0.4) is 0 Å². The van der Waals surface area contributed by atoms with Gasteiger partial charge in [-0.3, -0.25) is 14.4 Å². The molecule has 30 heavy (non-hydrogen) atoms. The molecule has 1 saturated heterocycles. The molecule has 0 saturated carbocycles. The first-order valence-electron chi connectivity index (χ1n) is 8.81. The van der Waals surface area contributed by atoms with Crippen LogP contribution in [-0.4, -0.2) is 51.4 Å². The summed E-state index contributed by atoms with van der Waals surface area (Å²) in [5, 5.41) is 0. The normalized spacial score (nSPS) is 18.3. The minimum Gasteiger partial charge on any atom is -0.299 e. The fourth-order valence-corrected chi connectivity index (χ4v) is 5.91. The lowest BCUT2D eigenvalue weighted by Crippen LogP contribution is -2.42. The van der Waals surface area contributed by atoms with Crippen LogP contribution in [0.15, 0.2) is 33.2 Å². The number of rotatable bonds is 7. The number of anilines is 1. The summed E-state index contributed by atoms with van der Waals surface area (Å²) in [6.45, 7) is 0.581. The van der Waals surface area contributed by atoms with Crippen molar-refractivity contribution in [3.63, 3.8) is 0 Å². The highest BCUT2D eigenvalue weighted by Gasteiger charge is 2.43. The van der Waals surface area contributed by atoms with Gasteiger partial charge in [-0.05, 0) is 69.4 Å². The summed E-state index contributed by atoms with van der Waals surface area (Å²) >= 11 is 6.38. The smallest absolute Gasteiger partial charge is 0.299 e. The zero-order valence-electron chi connectivity index (χ0n) is 15.9. The lowest BCUT2D eigenvalue weighted by molar-refractivity contribution is -0.170. The van der Waals surface area contributed by atoms with Crippen molar-refractivity contribution in [1.82, 2.24) is 9.39 Å². The average molecular weight is 595 g/mol. The largest absolute Gasteiger partial charge is 0.471 e. The number of carbonyl (C=O) groups excluding carboxylic acids is 1. The summed E-state index contributed by atoms with van der Waals surface area (Å²) in [4.78, 5) is 12.7. The number of carbonyl (C=O) groups is 1. The van der Waals surface area contributed by atoms with Crippen molar-refractivity contribution in [2.75, 3.05) is 25.0 Å². The van der Waals surface area contributed by atoms with Crippen LogP contribution in [-0.2, 0) is 20.6 Å². The van der Waals surface area contributed by atoms with Crippen LogP contribution in [0, 0.1) is 0 Å². The van der Waals surface area contributed by atoms with Gasteiger partial charge in [-0.2, -0.15) is 13.2 Å². The van der Waals surface area contributed by atoms with E-state index in [1.54, 1.807) is 6.08 Å². The third-order valence-electron chi connectivity index (χ3n) is 4.49. The summed E-state index contributed by atoms with van der Waals surface area (Å²) < 4.78 is 67.8. The van der Waals surface area contributed by atoms with Crippen molar-refractivity contribution in [2.45, 2.75) is 30.8 Å². The molecular formula is C17H21Br2F3N3O3PS. The van der Waals surface area contributed by atoms with Gasteiger partial charge in [-0.15, -0.1) is 0 Å². The maximum Gasteiger partial charge on any atom is 0.471 e. The molecule has 1 aliphatic rings. The van der Waals surface area contributed by atoms with E-state index in [1.165, 1.54) is 25.3 Å². The minimum atomic E-state index is -5.07. The van der Waals surface area contributed by atoms with E-state index in [-0.39, 0.29) is 33.0 Å². The number of halogens is 5. The van der Waals surface area contributed by atoms with Gasteiger partial charge in [0, 0.05) is 28.1 Å². The molecule has 168 valence electrons. The SMILES string of the molecule is CNS(=O)(=O)Cc1cc(Br)c(N(C/C=C/C2CCCN2P)C(=O)C(F)(F)F)c(Br)c1. The first-order chi connectivity index (χ1) is 13.9. The zero-order chi connectivity index (χ0) is 22.7. The maximum atomic E-state index is 13.2. The number of hydrogen-bond donors (Lipinski definition) is 1. The van der Waals surface area contributed by atoms with Crippen LogP contribution in [0.2, 0.25) is 0 Å². The van der Waals surface area contributed by atoms with Gasteiger partial charge in [-0.1, -0.05) is 21.5 Å². The zero-order valence-corrected chi connectivity index (χ0v) is 21.1. The Bertz CT molecular complexity index is 906. The van der Waals surface area contributed by atoms with Crippen LogP contribution in [0.4, 0.5) is 18.9 Å². The van der Waals surface area contributed by atoms with Gasteiger partial charge in [0.05, 0.1) is 11.4 Å². The van der Waals surface area contributed by atoms with E-state index in [4.69, 9.17) is 0 Å². The second-order valence-electron chi connectivity index (χ2n) is 6.66. The molecular weight excluding hydrogens is 574 g/mol. The summed E-state index contributed by atoms with van der Waals surface area (Å²) in [5.74, 6) is -2.38. The number of sulfonamides is 1. The Morgan fingerprint density at radius 2 is 1.97 bits per heavy atom. The Morgan fingerprint density at radius 1 is 1.37 bits per heavy atom. The molecule has 0 spiro atoms. The van der Waals surface area contributed by atoms with Crippen LogP contribution in [0.25, 0.3) is 0 Å². The minimum absolute atomic E-state index is 0.0262. The van der Waals surface area contributed by atoms with E-state index in [0.29, 0.717) is 10.5 Å². The molecule has 1 aliphatic heterocycles. The van der Waals surface area contributed by atoms with Gasteiger partial charge < -0.3 is 0 Å². The van der Waals surface area contributed by atoms with E-state index in [2.05, 4.69) is 46.0 Å². The molecule has 0 aliphatic carbocycles. The predicted octanol–water partition coefficient (Wildman–Crippen LogP) is 3.97. The van der Waals surface area contributed by atoms with E-state index >= 15 is 0 Å². The molecule has 1 aromatic rings. The molecule has 0 radical (unpaired) electrons. The lowest BCUT2D eigenvalue weighted by Gasteiger charge is -2.26. The van der Waals surface area contributed by atoms with Gasteiger partial charge in [0.2, 0.25) is 10.0 Å². The number of nitrogens with one attached hydrogen (secondary N) is 1. The molecule has 2 rings (SSSR count). The molecule has 1 amide bonds. The quantitative estimate of drug-likeness (QED) is 0.383. The van der Waals surface area contributed by atoms with Crippen molar-refractivity contribution in [2.24, 2.45) is 0 Å². The number of nitrogens with zero attached hydrogens (tertiary/aromatic N) is 2. The van der Waals surface area contributed by atoms with Crippen molar-refractivity contribution in [3.8, 4) is 0 Å². The van der Waals surface area contributed by atoms with Gasteiger partial charge in [-0.25, -0.2) is 13.1 Å². The van der Waals surface area contributed by atoms with Crippen LogP contribution in [0.5, 0.6) is 0 Å². The second-order valence-corrected chi connectivity index (χ2v) is 11.0. The summed E-state index contributed by atoms with van der Waals surface area (Å²) in [5.41, 5.74) is 0.313. The van der Waals surface area contributed by atoms with Crippen molar-refractivity contribution < 1.29 is 26.4 Å². The first kappa shape index (κ1) is 25.7. The average Bonchev–Trinajstić information content (AvgIpc) is 3.03. The van der Waals surface area contributed by atoms with E-state index in [0.717, 1.165) is 19.4 Å². The summed E-state index contributed by atoms with van der Waals surface area (Å²) in [7, 11) is 0.273. The summed E-state index contributed by atoms with van der Waals surface area (Å²) in [6.07, 6.45) is 0.120. The molecule has 2 unspecified atom stereocenters. The Morgan fingerprint density at radius 3 is 2.43 bits per heavy atom. The van der Waals surface area contributed by atoms with E-state index in [1.807, 2.05) is 4.67 Å². The Hall–Kier alpha value is -0.520. The van der Waals surface area contributed by atoms with Gasteiger partial charge in [0.25, 0.3) is 0 Å². The van der Waals surface area contributed by atoms with Crippen LogP contribution >= 0.6 is 41.3 Å². The van der Waals surface area contributed by atoms with Crippen LogP contribution in [0.1, 0.15) is 18.4 Å². The third kappa shape index (κ3) is 6.74. The predicted molar refractivity (Wildman–Crippen MR) is 121 cm³/mol. The summed E-state index contributed by atoms with van der Waals surface area (Å²) in [6, 6.07) is 2.85. The highest BCUT2D eigenvalue weighted by atomic mass is 79.9. The Labute approximate surface area is 192 Å². The molecule has 1 aromatic carbocycles.